The third-order valence-corrected chi connectivity index (χ3v) is 6.05. The second-order valence-corrected chi connectivity index (χ2v) is 8.27. The molecule has 0 spiro atoms. The fourth-order valence-electron chi connectivity index (χ4n) is 3.36. The van der Waals surface area contributed by atoms with Crippen molar-refractivity contribution in [2.45, 2.75) is 6.54 Å². The van der Waals surface area contributed by atoms with E-state index in [1.165, 1.54) is 0 Å². The number of H-pyrrole nitrogens is 1. The number of hydrogen-bond donors (Lipinski definition) is 2. The van der Waals surface area contributed by atoms with Crippen molar-refractivity contribution in [3.63, 3.8) is 0 Å². The number of thiazole rings is 1. The van der Waals surface area contributed by atoms with Crippen molar-refractivity contribution in [3.05, 3.63) is 71.1 Å². The van der Waals surface area contributed by atoms with Gasteiger partial charge in [0.15, 0.2) is 15.6 Å². The lowest BCUT2D eigenvalue weighted by molar-refractivity contribution is -0.116. The predicted molar refractivity (Wildman–Crippen MR) is 127 cm³/mol. The standard InChI is InChI=1S/C22H18N6O2S2/c1-30-17-8-4-15(5-9-17)20-25-26-21(31)28(20)13-19(29)23-16-6-2-14(3-7-16)18-12-27-10-11-32-22(27)24-18/h2-12H,13H2,1H3,(H,23,29)(H,26,31). The van der Waals surface area contributed by atoms with Crippen LogP contribution in [0.2, 0.25) is 0 Å². The molecule has 2 N–H and O–H groups in total. The Bertz CT molecular complexity index is 1420. The van der Waals surface area contributed by atoms with Crippen LogP contribution in [0.4, 0.5) is 5.69 Å². The van der Waals surface area contributed by atoms with Gasteiger partial charge in [-0.15, -0.1) is 11.3 Å². The van der Waals surface area contributed by atoms with Crippen LogP contribution < -0.4 is 10.1 Å². The molecule has 0 fully saturated rings. The molecule has 160 valence electrons. The van der Waals surface area contributed by atoms with Gasteiger partial charge < -0.3 is 10.1 Å². The Labute approximate surface area is 192 Å². The fraction of sp³-hybridized carbons (Fsp3) is 0.0909. The van der Waals surface area contributed by atoms with Crippen molar-refractivity contribution < 1.29 is 9.53 Å². The smallest absolute Gasteiger partial charge is 0.244 e. The highest BCUT2D eigenvalue weighted by atomic mass is 32.1. The minimum atomic E-state index is -0.201. The number of imidazole rings is 1. The molecule has 0 aliphatic heterocycles. The van der Waals surface area contributed by atoms with E-state index < -0.39 is 0 Å². The van der Waals surface area contributed by atoms with Crippen LogP contribution in [-0.2, 0) is 11.3 Å². The van der Waals surface area contributed by atoms with Crippen molar-refractivity contribution in [1.29, 1.82) is 0 Å². The van der Waals surface area contributed by atoms with Crippen molar-refractivity contribution in [1.82, 2.24) is 24.1 Å². The van der Waals surface area contributed by atoms with Gasteiger partial charge in [-0.3, -0.25) is 18.9 Å². The van der Waals surface area contributed by atoms with Crippen LogP contribution in [0.3, 0.4) is 0 Å². The summed E-state index contributed by atoms with van der Waals surface area (Å²) < 4.78 is 9.23. The Morgan fingerprint density at radius 3 is 2.62 bits per heavy atom. The molecule has 0 aliphatic rings. The Hall–Kier alpha value is -3.76. The van der Waals surface area contributed by atoms with Crippen LogP contribution >= 0.6 is 23.6 Å². The molecule has 0 aliphatic carbocycles. The molecule has 3 heterocycles. The Balaban J connectivity index is 1.30. The number of rotatable bonds is 6. The molecule has 10 heteroatoms. The number of amides is 1. The molecule has 32 heavy (non-hydrogen) atoms. The third kappa shape index (κ3) is 3.93. The van der Waals surface area contributed by atoms with Crippen LogP contribution in [-0.4, -0.2) is 37.2 Å². The van der Waals surface area contributed by atoms with E-state index in [1.54, 1.807) is 23.0 Å². The number of nitrogens with one attached hydrogen (secondary N) is 2. The average molecular weight is 463 g/mol. The Kier molecular flexibility index (Phi) is 5.29. The Morgan fingerprint density at radius 1 is 1.16 bits per heavy atom. The highest BCUT2D eigenvalue weighted by molar-refractivity contribution is 7.71. The van der Waals surface area contributed by atoms with Gasteiger partial charge in [-0.1, -0.05) is 12.1 Å². The molecule has 0 saturated carbocycles. The van der Waals surface area contributed by atoms with Crippen LogP contribution in [0.5, 0.6) is 5.75 Å². The molecule has 0 radical (unpaired) electrons. The summed E-state index contributed by atoms with van der Waals surface area (Å²) in [7, 11) is 1.61. The lowest BCUT2D eigenvalue weighted by Gasteiger charge is -2.09. The summed E-state index contributed by atoms with van der Waals surface area (Å²) in [5.41, 5.74) is 3.40. The second kappa shape index (κ2) is 8.40. The SMILES string of the molecule is COc1ccc(-c2n[nH]c(=S)n2CC(=O)Nc2ccc(-c3cn4ccsc4n3)cc2)cc1. The first-order valence-electron chi connectivity index (χ1n) is 9.73. The van der Waals surface area contributed by atoms with Gasteiger partial charge >= 0.3 is 0 Å². The average Bonchev–Trinajstić information content (AvgIpc) is 3.50. The summed E-state index contributed by atoms with van der Waals surface area (Å²) in [4.78, 5) is 18.2. The fourth-order valence-corrected chi connectivity index (χ4v) is 4.26. The van der Waals surface area contributed by atoms with Gasteiger partial charge in [-0.05, 0) is 48.6 Å². The first kappa shape index (κ1) is 20.2. The number of aromatic amines is 1. The summed E-state index contributed by atoms with van der Waals surface area (Å²) in [6.45, 7) is 0.0375. The van der Waals surface area contributed by atoms with Crippen molar-refractivity contribution in [2.75, 3.05) is 12.4 Å². The number of ether oxygens (including phenoxy) is 1. The zero-order valence-corrected chi connectivity index (χ0v) is 18.6. The lowest BCUT2D eigenvalue weighted by Crippen LogP contribution is -2.19. The normalized spacial score (nSPS) is 11.0. The molecular formula is C22H18N6O2S2. The van der Waals surface area contributed by atoms with E-state index >= 15 is 0 Å². The summed E-state index contributed by atoms with van der Waals surface area (Å²) in [6, 6.07) is 15.0. The first-order chi connectivity index (χ1) is 15.6. The minimum absolute atomic E-state index is 0.0375. The topological polar surface area (TPSA) is 89.2 Å². The maximum atomic E-state index is 12.7. The van der Waals surface area contributed by atoms with Gasteiger partial charge in [-0.2, -0.15) is 5.10 Å². The number of nitrogens with zero attached hydrogens (tertiary/aromatic N) is 4. The molecule has 0 atom stereocenters. The van der Waals surface area contributed by atoms with Gasteiger partial charge in [0.25, 0.3) is 0 Å². The van der Waals surface area contributed by atoms with Crippen LogP contribution in [0.15, 0.2) is 66.3 Å². The zero-order chi connectivity index (χ0) is 22.1. The van der Waals surface area contributed by atoms with E-state index in [2.05, 4.69) is 20.5 Å². The molecule has 0 bridgehead atoms. The number of aromatic nitrogens is 5. The van der Waals surface area contributed by atoms with Crippen LogP contribution in [0, 0.1) is 4.77 Å². The molecule has 0 unspecified atom stereocenters. The number of carbonyl (C=O) groups is 1. The number of methoxy groups -OCH3 is 1. The van der Waals surface area contributed by atoms with E-state index in [1.807, 2.05) is 70.7 Å². The van der Waals surface area contributed by atoms with Crippen LogP contribution in [0.25, 0.3) is 27.6 Å². The Morgan fingerprint density at radius 2 is 1.91 bits per heavy atom. The maximum absolute atomic E-state index is 12.7. The third-order valence-electron chi connectivity index (χ3n) is 4.97. The molecule has 5 aromatic rings. The molecule has 3 aromatic heterocycles. The van der Waals surface area contributed by atoms with Gasteiger partial charge in [0.05, 0.1) is 12.8 Å². The van der Waals surface area contributed by atoms with Gasteiger partial charge in [0.2, 0.25) is 5.91 Å². The van der Waals surface area contributed by atoms with Gasteiger partial charge in [-0.25, -0.2) is 4.98 Å². The highest BCUT2D eigenvalue weighted by Gasteiger charge is 2.13. The molecule has 2 aromatic carbocycles. The number of fused-ring (bicyclic) bond motifs is 1. The minimum Gasteiger partial charge on any atom is -0.497 e. The lowest BCUT2D eigenvalue weighted by atomic mass is 10.1. The molecule has 1 amide bonds. The molecule has 8 nitrogen and oxygen atoms in total. The van der Waals surface area contributed by atoms with E-state index in [9.17, 15) is 4.79 Å². The second-order valence-electron chi connectivity index (χ2n) is 7.01. The molecular weight excluding hydrogens is 444 g/mol. The predicted octanol–water partition coefficient (Wildman–Crippen LogP) is 4.63. The monoisotopic (exact) mass is 462 g/mol. The number of benzene rings is 2. The summed E-state index contributed by atoms with van der Waals surface area (Å²) >= 11 is 6.92. The quantitative estimate of drug-likeness (QED) is 0.359. The highest BCUT2D eigenvalue weighted by Crippen LogP contribution is 2.24. The first-order valence-corrected chi connectivity index (χ1v) is 11.0. The van der Waals surface area contributed by atoms with E-state index in [4.69, 9.17) is 17.0 Å². The summed E-state index contributed by atoms with van der Waals surface area (Å²) in [5, 5.41) is 12.0. The summed E-state index contributed by atoms with van der Waals surface area (Å²) in [6.07, 6.45) is 3.97. The van der Waals surface area contributed by atoms with Gasteiger partial charge in [0, 0.05) is 34.6 Å². The van der Waals surface area contributed by atoms with E-state index in [0.717, 1.165) is 27.5 Å². The van der Waals surface area contributed by atoms with Gasteiger partial charge in [0.1, 0.15) is 12.3 Å². The van der Waals surface area contributed by atoms with E-state index in [-0.39, 0.29) is 12.5 Å². The molecule has 5 rings (SSSR count). The number of hydrogen-bond acceptors (Lipinski definition) is 6. The van der Waals surface area contributed by atoms with Crippen molar-refractivity contribution in [3.8, 4) is 28.4 Å². The zero-order valence-electron chi connectivity index (χ0n) is 17.0. The van der Waals surface area contributed by atoms with Crippen molar-refractivity contribution >= 4 is 40.1 Å². The van der Waals surface area contributed by atoms with E-state index in [0.29, 0.717) is 16.3 Å². The van der Waals surface area contributed by atoms with Crippen LogP contribution in [0.1, 0.15) is 0 Å². The largest absolute Gasteiger partial charge is 0.497 e. The van der Waals surface area contributed by atoms with Crippen molar-refractivity contribution in [2.24, 2.45) is 0 Å². The number of carbonyl (C=O) groups excluding carboxylic acids is 1. The summed E-state index contributed by atoms with van der Waals surface area (Å²) in [5.74, 6) is 1.13. The number of anilines is 1. The maximum Gasteiger partial charge on any atom is 0.244 e. The molecule has 0 saturated heterocycles.